The third-order valence-corrected chi connectivity index (χ3v) is 5.14. The van der Waals surface area contributed by atoms with Gasteiger partial charge >= 0.3 is 0 Å². The number of morpholine rings is 1. The molecule has 0 spiro atoms. The summed E-state index contributed by atoms with van der Waals surface area (Å²) in [5.41, 5.74) is 2.65. The molecule has 6 nitrogen and oxygen atoms in total. The van der Waals surface area contributed by atoms with Gasteiger partial charge in [0.1, 0.15) is 5.75 Å². The van der Waals surface area contributed by atoms with Crippen LogP contribution in [0, 0.1) is 4.77 Å². The molecule has 3 aromatic rings. The van der Waals surface area contributed by atoms with Crippen LogP contribution in [-0.4, -0.2) is 43.0 Å². The highest BCUT2D eigenvalue weighted by molar-refractivity contribution is 7.71. The molecule has 4 rings (SSSR count). The molecule has 27 heavy (non-hydrogen) atoms. The number of nitrogens with zero attached hydrogens (tertiary/aromatic N) is 2. The van der Waals surface area contributed by atoms with E-state index in [1.165, 1.54) is 0 Å². The van der Waals surface area contributed by atoms with Crippen LogP contribution in [0.2, 0.25) is 0 Å². The first-order chi connectivity index (χ1) is 13.2. The van der Waals surface area contributed by atoms with E-state index in [1.807, 2.05) is 42.5 Å². The summed E-state index contributed by atoms with van der Waals surface area (Å²) in [7, 11) is 1.63. The van der Waals surface area contributed by atoms with Gasteiger partial charge in [0.25, 0.3) is 5.56 Å². The molecule has 1 aliphatic rings. The first-order valence-corrected chi connectivity index (χ1v) is 9.29. The Morgan fingerprint density at radius 3 is 2.78 bits per heavy atom. The van der Waals surface area contributed by atoms with Crippen LogP contribution in [0.3, 0.4) is 0 Å². The van der Waals surface area contributed by atoms with Crippen LogP contribution >= 0.6 is 12.2 Å². The van der Waals surface area contributed by atoms with E-state index in [-0.39, 0.29) is 5.56 Å². The summed E-state index contributed by atoms with van der Waals surface area (Å²) in [5, 5.41) is 0.635. The SMILES string of the molecule is COc1cccc(Cn2c(=S)[nH]c3ccc(N4CCOCC4)cc3c2=O)c1. The maximum absolute atomic E-state index is 13.1. The Bertz CT molecular complexity index is 1080. The minimum atomic E-state index is -0.0910. The number of aromatic nitrogens is 2. The van der Waals surface area contributed by atoms with Crippen molar-refractivity contribution in [1.82, 2.24) is 9.55 Å². The van der Waals surface area contributed by atoms with E-state index in [2.05, 4.69) is 9.88 Å². The van der Waals surface area contributed by atoms with Crippen LogP contribution in [0.1, 0.15) is 5.56 Å². The second kappa shape index (κ2) is 7.54. The first-order valence-electron chi connectivity index (χ1n) is 8.88. The van der Waals surface area contributed by atoms with Crippen molar-refractivity contribution in [2.45, 2.75) is 6.54 Å². The molecule has 2 aromatic carbocycles. The molecule has 1 fully saturated rings. The molecule has 0 amide bonds. The number of aromatic amines is 1. The lowest BCUT2D eigenvalue weighted by Crippen LogP contribution is -2.36. The Balaban J connectivity index is 1.76. The molecular weight excluding hydrogens is 362 g/mol. The van der Waals surface area contributed by atoms with Gasteiger partial charge < -0.3 is 19.4 Å². The zero-order valence-electron chi connectivity index (χ0n) is 15.1. The largest absolute Gasteiger partial charge is 0.497 e. The molecule has 0 aliphatic carbocycles. The van der Waals surface area contributed by atoms with Gasteiger partial charge in [0, 0.05) is 18.8 Å². The topological polar surface area (TPSA) is 59.5 Å². The molecule has 1 N–H and O–H groups in total. The van der Waals surface area contributed by atoms with Crippen molar-refractivity contribution in [2.24, 2.45) is 0 Å². The number of anilines is 1. The lowest BCUT2D eigenvalue weighted by atomic mass is 10.2. The Labute approximate surface area is 162 Å². The van der Waals surface area contributed by atoms with Crippen LogP contribution < -0.4 is 15.2 Å². The molecule has 1 aliphatic heterocycles. The highest BCUT2D eigenvalue weighted by atomic mass is 32.1. The van der Waals surface area contributed by atoms with E-state index in [4.69, 9.17) is 21.7 Å². The van der Waals surface area contributed by atoms with Gasteiger partial charge in [-0.25, -0.2) is 0 Å². The molecule has 0 saturated carbocycles. The highest BCUT2D eigenvalue weighted by Gasteiger charge is 2.14. The van der Waals surface area contributed by atoms with Crippen LogP contribution in [0.4, 0.5) is 5.69 Å². The maximum Gasteiger partial charge on any atom is 0.262 e. The van der Waals surface area contributed by atoms with Crippen molar-refractivity contribution in [3.8, 4) is 5.75 Å². The van der Waals surface area contributed by atoms with Gasteiger partial charge in [-0.3, -0.25) is 9.36 Å². The predicted molar refractivity (Wildman–Crippen MR) is 109 cm³/mol. The summed E-state index contributed by atoms with van der Waals surface area (Å²) in [6.07, 6.45) is 0. The summed E-state index contributed by atoms with van der Waals surface area (Å²) in [6, 6.07) is 13.5. The molecular formula is C20H21N3O3S. The molecule has 2 heterocycles. The number of H-pyrrole nitrogens is 1. The van der Waals surface area contributed by atoms with Crippen molar-refractivity contribution in [3.05, 3.63) is 63.2 Å². The van der Waals surface area contributed by atoms with Gasteiger partial charge in [-0.1, -0.05) is 12.1 Å². The first kappa shape index (κ1) is 17.8. The Hall–Kier alpha value is -2.64. The van der Waals surface area contributed by atoms with Gasteiger partial charge in [0.2, 0.25) is 0 Å². The smallest absolute Gasteiger partial charge is 0.262 e. The zero-order valence-corrected chi connectivity index (χ0v) is 15.9. The molecule has 140 valence electrons. The summed E-state index contributed by atoms with van der Waals surface area (Å²) >= 11 is 5.43. The second-order valence-corrected chi connectivity index (χ2v) is 6.89. The fraction of sp³-hybridized carbons (Fsp3) is 0.300. The average molecular weight is 383 g/mol. The van der Waals surface area contributed by atoms with Gasteiger partial charge in [0.15, 0.2) is 4.77 Å². The Kier molecular flexibility index (Phi) is 4.96. The monoisotopic (exact) mass is 383 g/mol. The summed E-state index contributed by atoms with van der Waals surface area (Å²) in [4.78, 5) is 18.6. The van der Waals surface area contributed by atoms with Crippen molar-refractivity contribution < 1.29 is 9.47 Å². The van der Waals surface area contributed by atoms with Gasteiger partial charge in [-0.15, -0.1) is 0 Å². The lowest BCUT2D eigenvalue weighted by molar-refractivity contribution is 0.122. The van der Waals surface area contributed by atoms with Crippen molar-refractivity contribution in [3.63, 3.8) is 0 Å². The van der Waals surface area contributed by atoms with Crippen molar-refractivity contribution >= 4 is 28.8 Å². The summed E-state index contributed by atoms with van der Waals surface area (Å²) in [5.74, 6) is 0.755. The highest BCUT2D eigenvalue weighted by Crippen LogP contribution is 2.20. The number of ether oxygens (including phenoxy) is 2. The fourth-order valence-electron chi connectivity index (χ4n) is 3.35. The van der Waals surface area contributed by atoms with Crippen molar-refractivity contribution in [1.29, 1.82) is 0 Å². The molecule has 1 saturated heterocycles. The number of hydrogen-bond acceptors (Lipinski definition) is 5. The van der Waals surface area contributed by atoms with Crippen LogP contribution in [-0.2, 0) is 11.3 Å². The third kappa shape index (κ3) is 3.61. The van der Waals surface area contributed by atoms with Crippen LogP contribution in [0.15, 0.2) is 47.3 Å². The van der Waals surface area contributed by atoms with E-state index in [0.29, 0.717) is 29.9 Å². The number of fused-ring (bicyclic) bond motifs is 1. The molecule has 0 unspecified atom stereocenters. The van der Waals surface area contributed by atoms with Crippen LogP contribution in [0.5, 0.6) is 5.75 Å². The number of hydrogen-bond donors (Lipinski definition) is 1. The summed E-state index contributed by atoms with van der Waals surface area (Å²) in [6.45, 7) is 3.45. The minimum absolute atomic E-state index is 0.0910. The standard InChI is InChI=1S/C20H21N3O3S/c1-25-16-4-2-3-14(11-16)13-23-19(24)17-12-15(22-7-9-26-10-8-22)5-6-18(17)21-20(23)27/h2-6,11-12H,7-10,13H2,1H3,(H,21,27). The molecule has 1 aromatic heterocycles. The predicted octanol–water partition coefficient (Wildman–Crippen LogP) is 2.95. The molecule has 0 atom stereocenters. The quantitative estimate of drug-likeness (QED) is 0.702. The van der Waals surface area contributed by atoms with Crippen molar-refractivity contribution in [2.75, 3.05) is 38.3 Å². The van der Waals surface area contributed by atoms with Gasteiger partial charge in [-0.2, -0.15) is 0 Å². The summed E-state index contributed by atoms with van der Waals surface area (Å²) < 4.78 is 12.7. The van der Waals surface area contributed by atoms with E-state index in [9.17, 15) is 4.79 Å². The number of rotatable bonds is 4. The lowest BCUT2D eigenvalue weighted by Gasteiger charge is -2.29. The molecule has 7 heteroatoms. The zero-order chi connectivity index (χ0) is 18.8. The third-order valence-electron chi connectivity index (χ3n) is 4.82. The normalized spacial score (nSPS) is 14.5. The number of nitrogens with one attached hydrogen (secondary N) is 1. The van der Waals surface area contributed by atoms with E-state index >= 15 is 0 Å². The van der Waals surface area contributed by atoms with Gasteiger partial charge in [0.05, 0.1) is 37.8 Å². The number of benzene rings is 2. The Morgan fingerprint density at radius 2 is 2.00 bits per heavy atom. The van der Waals surface area contributed by atoms with E-state index < -0.39 is 0 Å². The van der Waals surface area contributed by atoms with Gasteiger partial charge in [-0.05, 0) is 48.1 Å². The van der Waals surface area contributed by atoms with E-state index in [1.54, 1.807) is 11.7 Å². The molecule has 0 bridgehead atoms. The minimum Gasteiger partial charge on any atom is -0.497 e. The average Bonchev–Trinajstić information content (AvgIpc) is 2.72. The van der Waals surface area contributed by atoms with E-state index in [0.717, 1.165) is 35.6 Å². The maximum atomic E-state index is 13.1. The fourth-order valence-corrected chi connectivity index (χ4v) is 3.61. The number of methoxy groups -OCH3 is 1. The molecule has 0 radical (unpaired) electrons. The van der Waals surface area contributed by atoms with Crippen LogP contribution in [0.25, 0.3) is 10.9 Å². The second-order valence-electron chi connectivity index (χ2n) is 6.50. The Morgan fingerprint density at radius 1 is 1.19 bits per heavy atom.